The monoisotopic (exact) mass is 383 g/mol. The lowest BCUT2D eigenvalue weighted by molar-refractivity contribution is -0.120. The zero-order valence-corrected chi connectivity index (χ0v) is 15.8. The van der Waals surface area contributed by atoms with Gasteiger partial charge in [0.15, 0.2) is 0 Å². The summed E-state index contributed by atoms with van der Waals surface area (Å²) in [5.74, 6) is -1.59. The topological polar surface area (TPSA) is 105 Å². The second-order valence-corrected chi connectivity index (χ2v) is 5.92. The number of anilines is 3. The Labute approximate surface area is 162 Å². The van der Waals surface area contributed by atoms with Gasteiger partial charge in [-0.05, 0) is 36.4 Å². The summed E-state index contributed by atoms with van der Waals surface area (Å²) in [6.07, 6.45) is 0. The Morgan fingerprint density at radius 3 is 2.14 bits per heavy atom. The second-order valence-electron chi connectivity index (χ2n) is 5.92. The van der Waals surface area contributed by atoms with Gasteiger partial charge in [0, 0.05) is 25.2 Å². The molecule has 0 spiro atoms. The van der Waals surface area contributed by atoms with Crippen LogP contribution < -0.4 is 15.5 Å². The van der Waals surface area contributed by atoms with Crippen LogP contribution in [0.5, 0.6) is 0 Å². The summed E-state index contributed by atoms with van der Waals surface area (Å²) in [4.78, 5) is 48.7. The van der Waals surface area contributed by atoms with Crippen molar-refractivity contribution in [1.82, 2.24) is 0 Å². The number of hydrogen-bond donors (Lipinski definition) is 2. The average Bonchev–Trinajstić information content (AvgIpc) is 2.66. The van der Waals surface area contributed by atoms with E-state index in [9.17, 15) is 19.2 Å². The van der Waals surface area contributed by atoms with Gasteiger partial charge in [-0.3, -0.25) is 14.4 Å². The van der Waals surface area contributed by atoms with E-state index in [1.54, 1.807) is 42.5 Å². The van der Waals surface area contributed by atoms with Crippen LogP contribution in [0.3, 0.4) is 0 Å². The second kappa shape index (κ2) is 9.31. The predicted molar refractivity (Wildman–Crippen MR) is 105 cm³/mol. The maximum Gasteiger partial charge on any atom is 0.339 e. The summed E-state index contributed by atoms with van der Waals surface area (Å²) in [7, 11) is 1.25. The molecule has 8 heteroatoms. The van der Waals surface area contributed by atoms with E-state index in [2.05, 4.69) is 10.6 Å². The Balaban J connectivity index is 2.15. The zero-order chi connectivity index (χ0) is 20.7. The van der Waals surface area contributed by atoms with Gasteiger partial charge in [0.25, 0.3) is 0 Å². The number of nitrogens with one attached hydrogen (secondary N) is 2. The lowest BCUT2D eigenvalue weighted by Crippen LogP contribution is -2.36. The van der Waals surface area contributed by atoms with Crippen molar-refractivity contribution in [2.45, 2.75) is 13.8 Å². The van der Waals surface area contributed by atoms with Gasteiger partial charge in [-0.2, -0.15) is 0 Å². The van der Waals surface area contributed by atoms with E-state index >= 15 is 0 Å². The fourth-order valence-electron chi connectivity index (χ4n) is 2.53. The number of methoxy groups -OCH3 is 1. The minimum atomic E-state index is -0.576. The van der Waals surface area contributed by atoms with Gasteiger partial charge in [-0.25, -0.2) is 4.79 Å². The number of rotatable bonds is 6. The quantitative estimate of drug-likeness (QED) is 0.746. The highest BCUT2D eigenvalue weighted by molar-refractivity contribution is 6.05. The van der Waals surface area contributed by atoms with Gasteiger partial charge in [0.05, 0.1) is 18.4 Å². The Morgan fingerprint density at radius 2 is 1.57 bits per heavy atom. The minimum Gasteiger partial charge on any atom is -0.465 e. The standard InChI is InChI=1S/C20H21N3O5/c1-13(24)21-15-8-10-16(11-9-15)23(14(2)25)12-19(26)22-18-7-5-4-6-17(18)20(27)28-3/h4-11H,12H2,1-3H3,(H,21,24)(H,22,26). The van der Waals surface area contributed by atoms with Crippen LogP contribution in [-0.4, -0.2) is 37.3 Å². The molecular weight excluding hydrogens is 362 g/mol. The molecular formula is C20H21N3O5. The lowest BCUT2D eigenvalue weighted by Gasteiger charge is -2.21. The molecule has 0 saturated carbocycles. The summed E-state index contributed by atoms with van der Waals surface area (Å²) in [5, 5.41) is 5.26. The molecule has 0 bridgehead atoms. The largest absolute Gasteiger partial charge is 0.465 e. The van der Waals surface area contributed by atoms with Crippen LogP contribution >= 0.6 is 0 Å². The molecule has 0 aliphatic rings. The molecule has 0 saturated heterocycles. The predicted octanol–water partition coefficient (Wildman–Crippen LogP) is 2.42. The number of hydrogen-bond acceptors (Lipinski definition) is 5. The first-order valence-corrected chi connectivity index (χ1v) is 8.44. The SMILES string of the molecule is COC(=O)c1ccccc1NC(=O)CN(C(C)=O)c1ccc(NC(C)=O)cc1. The third kappa shape index (κ3) is 5.41. The molecule has 2 N–H and O–H groups in total. The molecule has 0 atom stereocenters. The van der Waals surface area contributed by atoms with E-state index in [0.29, 0.717) is 17.1 Å². The van der Waals surface area contributed by atoms with Crippen molar-refractivity contribution in [2.24, 2.45) is 0 Å². The normalized spacial score (nSPS) is 9.96. The first-order chi connectivity index (χ1) is 13.3. The number of para-hydroxylation sites is 1. The Morgan fingerprint density at radius 1 is 0.929 bits per heavy atom. The number of carbonyl (C=O) groups is 4. The van der Waals surface area contributed by atoms with Crippen LogP contribution in [0.4, 0.5) is 17.1 Å². The highest BCUT2D eigenvalue weighted by atomic mass is 16.5. The third-order valence-corrected chi connectivity index (χ3v) is 3.79. The lowest BCUT2D eigenvalue weighted by atomic mass is 10.2. The molecule has 0 unspecified atom stereocenters. The molecule has 8 nitrogen and oxygen atoms in total. The number of carbonyl (C=O) groups excluding carboxylic acids is 4. The van der Waals surface area contributed by atoms with E-state index in [1.165, 1.54) is 31.9 Å². The molecule has 0 aromatic heterocycles. The number of esters is 1. The minimum absolute atomic E-state index is 0.208. The van der Waals surface area contributed by atoms with Crippen molar-refractivity contribution in [3.05, 3.63) is 54.1 Å². The number of nitrogens with zero attached hydrogens (tertiary/aromatic N) is 1. The first kappa shape index (κ1) is 20.6. The maximum absolute atomic E-state index is 12.5. The maximum atomic E-state index is 12.5. The van der Waals surface area contributed by atoms with Gasteiger partial charge >= 0.3 is 5.97 Å². The molecule has 2 aromatic carbocycles. The van der Waals surface area contributed by atoms with E-state index < -0.39 is 11.9 Å². The highest BCUT2D eigenvalue weighted by Crippen LogP contribution is 2.20. The molecule has 0 aliphatic carbocycles. The van der Waals surface area contributed by atoms with Crippen molar-refractivity contribution >= 4 is 40.8 Å². The Kier molecular flexibility index (Phi) is 6.86. The molecule has 0 fully saturated rings. The van der Waals surface area contributed by atoms with Crippen molar-refractivity contribution in [3.8, 4) is 0 Å². The van der Waals surface area contributed by atoms with Crippen molar-refractivity contribution in [3.63, 3.8) is 0 Å². The Hall–Kier alpha value is -3.68. The van der Waals surface area contributed by atoms with E-state index in [0.717, 1.165) is 0 Å². The smallest absolute Gasteiger partial charge is 0.339 e. The summed E-state index contributed by atoms with van der Waals surface area (Å²) >= 11 is 0. The summed E-state index contributed by atoms with van der Waals surface area (Å²) < 4.78 is 4.70. The molecule has 0 heterocycles. The summed E-state index contributed by atoms with van der Waals surface area (Å²) in [6, 6.07) is 13.0. The highest BCUT2D eigenvalue weighted by Gasteiger charge is 2.18. The van der Waals surface area contributed by atoms with Crippen LogP contribution in [0.1, 0.15) is 24.2 Å². The molecule has 3 amide bonds. The first-order valence-electron chi connectivity index (χ1n) is 8.44. The number of ether oxygens (including phenoxy) is 1. The van der Waals surface area contributed by atoms with Gasteiger partial charge in [0.1, 0.15) is 6.54 Å². The van der Waals surface area contributed by atoms with Gasteiger partial charge in [-0.1, -0.05) is 12.1 Å². The number of benzene rings is 2. The van der Waals surface area contributed by atoms with Gasteiger partial charge in [0.2, 0.25) is 17.7 Å². The van der Waals surface area contributed by atoms with Gasteiger partial charge < -0.3 is 20.3 Å². The molecule has 2 rings (SSSR count). The van der Waals surface area contributed by atoms with Crippen LogP contribution in [0.15, 0.2) is 48.5 Å². The number of amides is 3. The Bertz CT molecular complexity index is 893. The third-order valence-electron chi connectivity index (χ3n) is 3.79. The molecule has 0 aliphatic heterocycles. The molecule has 0 radical (unpaired) electrons. The van der Waals surface area contributed by atoms with Crippen molar-refractivity contribution in [2.75, 3.05) is 29.2 Å². The zero-order valence-electron chi connectivity index (χ0n) is 15.8. The summed E-state index contributed by atoms with van der Waals surface area (Å²) in [6.45, 7) is 2.49. The molecule has 28 heavy (non-hydrogen) atoms. The van der Waals surface area contributed by atoms with E-state index in [1.807, 2.05) is 0 Å². The van der Waals surface area contributed by atoms with Crippen LogP contribution in [0.2, 0.25) is 0 Å². The van der Waals surface area contributed by atoms with Crippen molar-refractivity contribution in [1.29, 1.82) is 0 Å². The molecule has 2 aromatic rings. The fraction of sp³-hybridized carbons (Fsp3) is 0.200. The van der Waals surface area contributed by atoms with Gasteiger partial charge in [-0.15, -0.1) is 0 Å². The average molecular weight is 383 g/mol. The van der Waals surface area contributed by atoms with Crippen molar-refractivity contribution < 1.29 is 23.9 Å². The van der Waals surface area contributed by atoms with E-state index in [4.69, 9.17) is 4.74 Å². The fourth-order valence-corrected chi connectivity index (χ4v) is 2.53. The van der Waals surface area contributed by atoms with E-state index in [-0.39, 0.29) is 23.9 Å². The van der Waals surface area contributed by atoms with Crippen LogP contribution in [0.25, 0.3) is 0 Å². The molecule has 146 valence electrons. The van der Waals surface area contributed by atoms with Crippen LogP contribution in [-0.2, 0) is 19.1 Å². The van der Waals surface area contributed by atoms with Crippen LogP contribution in [0, 0.1) is 0 Å². The summed E-state index contributed by atoms with van der Waals surface area (Å²) in [5.41, 5.74) is 1.59.